The van der Waals surface area contributed by atoms with E-state index in [1.54, 1.807) is 0 Å². The molecule has 0 spiro atoms. The first kappa shape index (κ1) is 16.5. The zero-order valence-electron chi connectivity index (χ0n) is 9.66. The number of hydrogen-bond donors (Lipinski definition) is 7. The number of hydrogen-bond acceptors (Lipinski definition) is 7. The van der Waals surface area contributed by atoms with Crippen LogP contribution >= 0.6 is 7.60 Å². The second kappa shape index (κ2) is 6.25. The molecule has 0 aromatic heterocycles. The van der Waals surface area contributed by atoms with Gasteiger partial charge in [-0.1, -0.05) is 0 Å². The molecule has 112 valence electrons. The minimum atomic E-state index is -4.58. The van der Waals surface area contributed by atoms with Crippen molar-refractivity contribution in [1.82, 2.24) is 5.32 Å². The summed E-state index contributed by atoms with van der Waals surface area (Å²) in [5.41, 5.74) is 0. The van der Waals surface area contributed by atoms with Crippen molar-refractivity contribution >= 4 is 13.5 Å². The molecule has 0 aliphatic carbocycles. The molecule has 0 aromatic rings. The normalized spacial score (nSPS) is 36.0. The summed E-state index contributed by atoms with van der Waals surface area (Å²) in [6.07, 6.45) is -7.28. The van der Waals surface area contributed by atoms with Gasteiger partial charge in [0, 0.05) is 0 Å². The van der Waals surface area contributed by atoms with Gasteiger partial charge in [0.25, 0.3) is 0 Å². The lowest BCUT2D eigenvalue weighted by Crippen LogP contribution is -2.64. The lowest BCUT2D eigenvalue weighted by atomic mass is 9.97. The third kappa shape index (κ3) is 4.48. The highest BCUT2D eigenvalue weighted by Gasteiger charge is 2.44. The van der Waals surface area contributed by atoms with Gasteiger partial charge < -0.3 is 40.3 Å². The van der Waals surface area contributed by atoms with E-state index < -0.39 is 56.9 Å². The standard InChI is InChI=1S/C8H16NO9P/c10-1-3-6(12)7(13)5(8(14)18-3)9-4(11)2-19(15,16)17/h3,5-8,10,12-14H,1-2H2,(H,9,11)(H2,15,16,17). The Bertz CT molecular complexity index is 371. The molecule has 10 nitrogen and oxygen atoms in total. The van der Waals surface area contributed by atoms with Crippen molar-refractivity contribution < 1.29 is 44.3 Å². The van der Waals surface area contributed by atoms with Crippen LogP contribution in [0.2, 0.25) is 0 Å². The van der Waals surface area contributed by atoms with Crippen LogP contribution < -0.4 is 5.32 Å². The van der Waals surface area contributed by atoms with Crippen LogP contribution in [0.25, 0.3) is 0 Å². The summed E-state index contributed by atoms with van der Waals surface area (Å²) in [6.45, 7) is -0.654. The highest BCUT2D eigenvalue weighted by molar-refractivity contribution is 7.52. The lowest BCUT2D eigenvalue weighted by Gasteiger charge is -2.40. The van der Waals surface area contributed by atoms with Gasteiger partial charge >= 0.3 is 7.60 Å². The number of amides is 1. The predicted molar refractivity (Wildman–Crippen MR) is 58.8 cm³/mol. The summed E-state index contributed by atoms with van der Waals surface area (Å²) in [4.78, 5) is 28.4. The van der Waals surface area contributed by atoms with E-state index >= 15 is 0 Å². The van der Waals surface area contributed by atoms with Crippen LogP contribution in [0.1, 0.15) is 0 Å². The monoisotopic (exact) mass is 301 g/mol. The summed E-state index contributed by atoms with van der Waals surface area (Å²) >= 11 is 0. The molecule has 1 aliphatic heterocycles. The first-order valence-corrected chi connectivity index (χ1v) is 7.10. The molecule has 1 heterocycles. The predicted octanol–water partition coefficient (Wildman–Crippen LogP) is -3.92. The average Bonchev–Trinajstić information content (AvgIpc) is 2.27. The van der Waals surface area contributed by atoms with Crippen molar-refractivity contribution in [1.29, 1.82) is 0 Å². The number of aliphatic hydroxyl groups excluding tert-OH is 4. The molecule has 1 saturated heterocycles. The molecule has 7 N–H and O–H groups in total. The van der Waals surface area contributed by atoms with Gasteiger partial charge in [-0.3, -0.25) is 9.36 Å². The average molecular weight is 301 g/mol. The molecule has 19 heavy (non-hydrogen) atoms. The molecule has 5 atom stereocenters. The highest BCUT2D eigenvalue weighted by atomic mass is 31.2. The van der Waals surface area contributed by atoms with E-state index in [0.717, 1.165) is 0 Å². The van der Waals surface area contributed by atoms with Gasteiger partial charge in [0.15, 0.2) is 6.29 Å². The highest BCUT2D eigenvalue weighted by Crippen LogP contribution is 2.33. The summed E-state index contributed by atoms with van der Waals surface area (Å²) in [6, 6.07) is -1.46. The van der Waals surface area contributed by atoms with E-state index in [0.29, 0.717) is 0 Å². The second-order valence-electron chi connectivity index (χ2n) is 4.14. The molecular formula is C8H16NO9P. The SMILES string of the molecule is O=C(CP(=O)(O)O)NC1C(O)OC(CO)C(O)C1O. The van der Waals surface area contributed by atoms with Crippen molar-refractivity contribution in [2.24, 2.45) is 0 Å². The van der Waals surface area contributed by atoms with Gasteiger partial charge in [0.2, 0.25) is 5.91 Å². The molecule has 5 unspecified atom stereocenters. The summed E-state index contributed by atoms with van der Waals surface area (Å²) in [5, 5.41) is 39.4. The molecular weight excluding hydrogens is 285 g/mol. The maximum absolute atomic E-state index is 11.3. The lowest BCUT2D eigenvalue weighted by molar-refractivity contribution is -0.253. The number of aliphatic hydroxyl groups is 4. The minimum Gasteiger partial charge on any atom is -0.394 e. The number of rotatable bonds is 4. The third-order valence-electron chi connectivity index (χ3n) is 2.58. The van der Waals surface area contributed by atoms with Crippen LogP contribution in [0.15, 0.2) is 0 Å². The Morgan fingerprint density at radius 1 is 1.21 bits per heavy atom. The van der Waals surface area contributed by atoms with Gasteiger partial charge in [-0.2, -0.15) is 0 Å². The Morgan fingerprint density at radius 3 is 2.26 bits per heavy atom. The molecule has 1 amide bonds. The van der Waals surface area contributed by atoms with Gasteiger partial charge in [-0.05, 0) is 0 Å². The fourth-order valence-corrected chi connectivity index (χ4v) is 2.14. The third-order valence-corrected chi connectivity index (χ3v) is 3.28. The van der Waals surface area contributed by atoms with E-state index in [4.69, 9.17) is 19.6 Å². The Morgan fingerprint density at radius 2 is 1.79 bits per heavy atom. The number of carbonyl (C=O) groups is 1. The molecule has 11 heteroatoms. The Labute approximate surface area is 107 Å². The zero-order chi connectivity index (χ0) is 14.8. The van der Waals surface area contributed by atoms with Crippen LogP contribution in [0.4, 0.5) is 0 Å². The molecule has 1 aliphatic rings. The van der Waals surface area contributed by atoms with E-state index in [-0.39, 0.29) is 0 Å². The number of nitrogens with one attached hydrogen (secondary N) is 1. The van der Waals surface area contributed by atoms with Gasteiger partial charge in [0.05, 0.1) is 6.61 Å². The van der Waals surface area contributed by atoms with Gasteiger partial charge in [-0.25, -0.2) is 0 Å². The maximum Gasteiger partial charge on any atom is 0.334 e. The van der Waals surface area contributed by atoms with Crippen LogP contribution in [0.5, 0.6) is 0 Å². The molecule has 0 radical (unpaired) electrons. The van der Waals surface area contributed by atoms with Crippen LogP contribution in [0, 0.1) is 0 Å². The van der Waals surface area contributed by atoms with Crippen molar-refractivity contribution in [3.8, 4) is 0 Å². The zero-order valence-corrected chi connectivity index (χ0v) is 10.6. The first-order chi connectivity index (χ1) is 8.65. The van der Waals surface area contributed by atoms with Crippen molar-refractivity contribution in [3.63, 3.8) is 0 Å². The van der Waals surface area contributed by atoms with Gasteiger partial charge in [0.1, 0.15) is 30.5 Å². The maximum atomic E-state index is 11.3. The van der Waals surface area contributed by atoms with E-state index in [1.165, 1.54) is 0 Å². The van der Waals surface area contributed by atoms with E-state index in [2.05, 4.69) is 0 Å². The molecule has 0 saturated carbocycles. The molecule has 1 rings (SSSR count). The first-order valence-electron chi connectivity index (χ1n) is 5.30. The smallest absolute Gasteiger partial charge is 0.334 e. The summed E-state index contributed by atoms with van der Waals surface area (Å²) < 4.78 is 15.4. The van der Waals surface area contributed by atoms with E-state index in [9.17, 15) is 24.7 Å². The topological polar surface area (TPSA) is 177 Å². The largest absolute Gasteiger partial charge is 0.394 e. The Kier molecular flexibility index (Phi) is 5.42. The fraction of sp³-hybridized carbons (Fsp3) is 0.875. The Balaban J connectivity index is 2.67. The quantitative estimate of drug-likeness (QED) is 0.255. The molecule has 1 fully saturated rings. The number of carbonyl (C=O) groups excluding carboxylic acids is 1. The van der Waals surface area contributed by atoms with Crippen LogP contribution in [0.3, 0.4) is 0 Å². The minimum absolute atomic E-state index is 0.654. The second-order valence-corrected chi connectivity index (χ2v) is 5.79. The molecule has 0 bridgehead atoms. The number of ether oxygens (including phenoxy) is 1. The Hall–Kier alpha value is -0.580. The summed E-state index contributed by atoms with van der Waals surface area (Å²) in [5.74, 6) is -1.12. The van der Waals surface area contributed by atoms with Gasteiger partial charge in [-0.15, -0.1) is 0 Å². The fourth-order valence-electron chi connectivity index (χ4n) is 1.67. The van der Waals surface area contributed by atoms with Crippen LogP contribution in [-0.4, -0.2) is 79.5 Å². The van der Waals surface area contributed by atoms with E-state index in [1.807, 2.05) is 5.32 Å². The molecule has 0 aromatic carbocycles. The van der Waals surface area contributed by atoms with Crippen LogP contribution in [-0.2, 0) is 14.1 Å². The summed E-state index contributed by atoms with van der Waals surface area (Å²) in [7, 11) is -4.58. The van der Waals surface area contributed by atoms with Crippen molar-refractivity contribution in [2.45, 2.75) is 30.6 Å². The van der Waals surface area contributed by atoms with Crippen molar-refractivity contribution in [2.75, 3.05) is 12.8 Å². The van der Waals surface area contributed by atoms with Crippen molar-refractivity contribution in [3.05, 3.63) is 0 Å².